The van der Waals surface area contributed by atoms with Crippen LogP contribution in [0.25, 0.3) is 6.08 Å². The summed E-state index contributed by atoms with van der Waals surface area (Å²) in [6.07, 6.45) is 3.72. The number of benzene rings is 2. The number of allylic oxidation sites excluding steroid dienone is 1. The number of carbonyl (C=O) groups excluding carboxylic acids is 1. The zero-order valence-electron chi connectivity index (χ0n) is 14.1. The topological polar surface area (TPSA) is 87.9 Å². The first-order chi connectivity index (χ1) is 12.4. The zero-order valence-corrected chi connectivity index (χ0v) is 14.1. The summed E-state index contributed by atoms with van der Waals surface area (Å²) < 4.78 is 28.6. The van der Waals surface area contributed by atoms with Gasteiger partial charge in [-0.1, -0.05) is 18.2 Å². The van der Waals surface area contributed by atoms with Gasteiger partial charge in [-0.25, -0.2) is 9.18 Å². The van der Waals surface area contributed by atoms with Crippen molar-refractivity contribution in [3.63, 3.8) is 0 Å². The normalized spacial score (nSPS) is 10.6. The van der Waals surface area contributed by atoms with Crippen molar-refractivity contribution >= 4 is 17.7 Å². The molecule has 0 aromatic heterocycles. The maximum absolute atomic E-state index is 13.2. The molecule has 0 aliphatic carbocycles. The summed E-state index contributed by atoms with van der Waals surface area (Å²) in [5.74, 6) is -1.46. The van der Waals surface area contributed by atoms with Crippen molar-refractivity contribution in [2.45, 2.75) is 6.92 Å². The molecule has 26 heavy (non-hydrogen) atoms. The number of hydrogen-bond acceptors (Lipinski definition) is 6. The van der Waals surface area contributed by atoms with Crippen molar-refractivity contribution in [3.8, 4) is 17.2 Å². The molecule has 0 spiro atoms. The molecule has 2 aromatic carbocycles. The third kappa shape index (κ3) is 4.79. The second kappa shape index (κ2) is 8.61. The lowest BCUT2D eigenvalue weighted by molar-refractivity contribution is -0.385. The second-order valence-corrected chi connectivity index (χ2v) is 5.04. The monoisotopic (exact) mass is 361 g/mol. The molecule has 0 bridgehead atoms. The number of hydrogen-bond donors (Lipinski definition) is 0. The molecule has 0 unspecified atom stereocenters. The van der Waals surface area contributed by atoms with Crippen LogP contribution in [0, 0.1) is 15.9 Å². The van der Waals surface area contributed by atoms with Gasteiger partial charge in [-0.3, -0.25) is 10.1 Å². The van der Waals surface area contributed by atoms with Gasteiger partial charge >= 0.3 is 11.7 Å². The van der Waals surface area contributed by atoms with E-state index in [0.29, 0.717) is 11.5 Å². The highest BCUT2D eigenvalue weighted by atomic mass is 19.1. The van der Waals surface area contributed by atoms with Crippen molar-refractivity contribution in [1.82, 2.24) is 0 Å². The van der Waals surface area contributed by atoms with Crippen LogP contribution < -0.4 is 14.2 Å². The van der Waals surface area contributed by atoms with Gasteiger partial charge in [-0.05, 0) is 30.7 Å². The van der Waals surface area contributed by atoms with Crippen molar-refractivity contribution in [1.29, 1.82) is 0 Å². The molecule has 0 atom stereocenters. The number of carbonyl (C=O) groups is 1. The summed E-state index contributed by atoms with van der Waals surface area (Å²) >= 11 is 0. The van der Waals surface area contributed by atoms with Crippen LogP contribution in [0.2, 0.25) is 0 Å². The van der Waals surface area contributed by atoms with Crippen molar-refractivity contribution in [3.05, 3.63) is 64.0 Å². The number of ether oxygens (including phenoxy) is 3. The number of halogens is 1. The number of nitrogens with zero attached hydrogens (tertiary/aromatic N) is 1. The van der Waals surface area contributed by atoms with Crippen LogP contribution in [0.15, 0.2) is 42.5 Å². The van der Waals surface area contributed by atoms with Crippen LogP contribution in [0.4, 0.5) is 10.1 Å². The summed E-state index contributed by atoms with van der Waals surface area (Å²) in [6.45, 7) is 1.34. The number of esters is 1. The van der Waals surface area contributed by atoms with E-state index in [-0.39, 0.29) is 0 Å². The second-order valence-electron chi connectivity index (χ2n) is 5.04. The average Bonchev–Trinajstić information content (AvgIpc) is 2.60. The van der Waals surface area contributed by atoms with Gasteiger partial charge in [-0.15, -0.1) is 0 Å². The molecule has 136 valence electrons. The third-order valence-corrected chi connectivity index (χ3v) is 3.23. The molecule has 0 heterocycles. The molecule has 2 rings (SSSR count). The van der Waals surface area contributed by atoms with Gasteiger partial charge in [0, 0.05) is 12.1 Å². The van der Waals surface area contributed by atoms with E-state index in [2.05, 4.69) is 0 Å². The van der Waals surface area contributed by atoms with E-state index in [4.69, 9.17) is 14.2 Å². The number of methoxy groups -OCH3 is 1. The van der Waals surface area contributed by atoms with Crippen LogP contribution in [0.3, 0.4) is 0 Å². The van der Waals surface area contributed by atoms with E-state index in [0.717, 1.165) is 23.8 Å². The molecule has 0 radical (unpaired) electrons. The number of rotatable bonds is 7. The quantitative estimate of drug-likeness (QED) is 0.323. The standard InChI is InChI=1S/C18H16FNO6/c1-3-4-12-5-8-15(17(9-12)24-2)25-11-18(21)26-16-10-13(19)6-7-14(16)20(22)23/h3-10H,11H2,1-2H3/b4-3+. The Labute approximate surface area is 148 Å². The predicted octanol–water partition coefficient (Wildman–Crippen LogP) is 3.76. The lowest BCUT2D eigenvalue weighted by atomic mass is 10.2. The van der Waals surface area contributed by atoms with Crippen molar-refractivity contribution in [2.75, 3.05) is 13.7 Å². The van der Waals surface area contributed by atoms with E-state index < -0.39 is 34.8 Å². The summed E-state index contributed by atoms with van der Waals surface area (Å²) in [6, 6.07) is 7.69. The Morgan fingerprint density at radius 2 is 1.96 bits per heavy atom. The molecular formula is C18H16FNO6. The highest BCUT2D eigenvalue weighted by Crippen LogP contribution is 2.30. The molecule has 0 amide bonds. The first-order valence-electron chi connectivity index (χ1n) is 7.52. The van der Waals surface area contributed by atoms with Crippen LogP contribution >= 0.6 is 0 Å². The van der Waals surface area contributed by atoms with Gasteiger partial charge in [-0.2, -0.15) is 0 Å². The fraction of sp³-hybridized carbons (Fsp3) is 0.167. The smallest absolute Gasteiger partial charge is 0.349 e. The van der Waals surface area contributed by atoms with Crippen molar-refractivity contribution < 1.29 is 28.3 Å². The van der Waals surface area contributed by atoms with E-state index in [1.54, 1.807) is 18.2 Å². The Bertz CT molecular complexity index is 850. The van der Waals surface area contributed by atoms with Gasteiger partial charge in [0.15, 0.2) is 18.1 Å². The molecule has 0 aliphatic rings. The van der Waals surface area contributed by atoms with Crippen LogP contribution in [-0.4, -0.2) is 24.6 Å². The molecule has 0 saturated heterocycles. The van der Waals surface area contributed by atoms with Gasteiger partial charge in [0.05, 0.1) is 12.0 Å². The van der Waals surface area contributed by atoms with E-state index in [1.807, 2.05) is 19.1 Å². The Hall–Kier alpha value is -3.42. The van der Waals surface area contributed by atoms with Crippen LogP contribution in [-0.2, 0) is 4.79 Å². The summed E-state index contributed by atoms with van der Waals surface area (Å²) in [5, 5.41) is 10.9. The lowest BCUT2D eigenvalue weighted by Crippen LogP contribution is -2.18. The molecule has 0 aliphatic heterocycles. The number of nitro groups is 1. The molecule has 0 fully saturated rings. The Balaban J connectivity index is 2.08. The molecule has 8 heteroatoms. The fourth-order valence-electron chi connectivity index (χ4n) is 2.11. The maximum Gasteiger partial charge on any atom is 0.349 e. The first kappa shape index (κ1) is 18.9. The number of nitro benzene ring substituents is 1. The maximum atomic E-state index is 13.2. The zero-order chi connectivity index (χ0) is 19.1. The Morgan fingerprint density at radius 3 is 2.62 bits per heavy atom. The van der Waals surface area contributed by atoms with Gasteiger partial charge < -0.3 is 14.2 Å². The minimum Gasteiger partial charge on any atom is -0.493 e. The molecular weight excluding hydrogens is 345 g/mol. The van der Waals surface area contributed by atoms with Crippen LogP contribution in [0.1, 0.15) is 12.5 Å². The first-order valence-corrected chi connectivity index (χ1v) is 7.52. The summed E-state index contributed by atoms with van der Waals surface area (Å²) in [5.41, 5.74) is 0.364. The minimum atomic E-state index is -0.918. The van der Waals surface area contributed by atoms with Gasteiger partial charge in [0.2, 0.25) is 5.75 Å². The average molecular weight is 361 g/mol. The van der Waals surface area contributed by atoms with E-state index in [1.165, 1.54) is 7.11 Å². The minimum absolute atomic E-state index is 0.298. The van der Waals surface area contributed by atoms with E-state index >= 15 is 0 Å². The van der Waals surface area contributed by atoms with Crippen molar-refractivity contribution in [2.24, 2.45) is 0 Å². The summed E-state index contributed by atoms with van der Waals surface area (Å²) in [4.78, 5) is 22.0. The fourth-order valence-corrected chi connectivity index (χ4v) is 2.11. The lowest BCUT2D eigenvalue weighted by Gasteiger charge is -2.11. The Kier molecular flexibility index (Phi) is 6.26. The van der Waals surface area contributed by atoms with Gasteiger partial charge in [0.25, 0.3) is 0 Å². The largest absolute Gasteiger partial charge is 0.493 e. The molecule has 2 aromatic rings. The molecule has 0 N–H and O–H groups in total. The molecule has 7 nitrogen and oxygen atoms in total. The van der Waals surface area contributed by atoms with E-state index in [9.17, 15) is 19.3 Å². The third-order valence-electron chi connectivity index (χ3n) is 3.23. The highest BCUT2D eigenvalue weighted by Gasteiger charge is 2.19. The highest BCUT2D eigenvalue weighted by molar-refractivity contribution is 5.75. The summed E-state index contributed by atoms with van der Waals surface area (Å²) in [7, 11) is 1.45. The SMILES string of the molecule is C/C=C/c1ccc(OCC(=O)Oc2cc(F)ccc2[N+](=O)[O-])c(OC)c1. The van der Waals surface area contributed by atoms with Gasteiger partial charge in [0.1, 0.15) is 5.82 Å². The van der Waals surface area contributed by atoms with Crippen LogP contribution in [0.5, 0.6) is 17.2 Å². The predicted molar refractivity (Wildman–Crippen MR) is 91.9 cm³/mol. The Morgan fingerprint density at radius 1 is 1.19 bits per heavy atom. The molecule has 0 saturated carbocycles.